The van der Waals surface area contributed by atoms with E-state index in [1.54, 1.807) is 51.5 Å². The fraction of sp³-hybridized carbons (Fsp3) is 0.143. The highest BCUT2D eigenvalue weighted by Crippen LogP contribution is 2.32. The van der Waals surface area contributed by atoms with E-state index in [1.165, 1.54) is 11.3 Å². The molecule has 0 bridgehead atoms. The van der Waals surface area contributed by atoms with Gasteiger partial charge in [-0.05, 0) is 31.2 Å². The molecule has 0 spiro atoms. The van der Waals surface area contributed by atoms with E-state index in [2.05, 4.69) is 25.5 Å². The lowest BCUT2D eigenvalue weighted by molar-refractivity contribution is 0.102. The summed E-state index contributed by atoms with van der Waals surface area (Å²) in [5.41, 5.74) is 2.21. The number of ether oxygens (including phenoxy) is 2. The standard InChI is InChI=1S/C21H18ClN5O3S/c1-11-17(31-20(23-11)12-4-6-13(22)7-5-12)19(28)25-21-24-18(26-27-21)15-9-8-14(29-2)10-16(15)30-3/h4-10H,1-3H3,(H2,24,25,26,27,28). The molecule has 2 aromatic heterocycles. The molecule has 4 rings (SSSR count). The van der Waals surface area contributed by atoms with Gasteiger partial charge in [-0.3, -0.25) is 15.2 Å². The van der Waals surface area contributed by atoms with Gasteiger partial charge in [0.05, 0.1) is 25.5 Å². The zero-order chi connectivity index (χ0) is 22.0. The Bertz CT molecular complexity index is 1240. The van der Waals surface area contributed by atoms with Crippen molar-refractivity contribution in [1.82, 2.24) is 20.2 Å². The number of methoxy groups -OCH3 is 2. The molecule has 2 N–H and O–H groups in total. The lowest BCUT2D eigenvalue weighted by atomic mass is 10.2. The fourth-order valence-electron chi connectivity index (χ4n) is 2.91. The smallest absolute Gasteiger partial charge is 0.270 e. The van der Waals surface area contributed by atoms with Crippen LogP contribution >= 0.6 is 22.9 Å². The summed E-state index contributed by atoms with van der Waals surface area (Å²) < 4.78 is 10.6. The third-order valence-corrected chi connectivity index (χ3v) is 5.93. The highest BCUT2D eigenvalue weighted by Gasteiger charge is 2.19. The van der Waals surface area contributed by atoms with Gasteiger partial charge in [-0.1, -0.05) is 23.7 Å². The predicted molar refractivity (Wildman–Crippen MR) is 120 cm³/mol. The van der Waals surface area contributed by atoms with Crippen LogP contribution in [0.2, 0.25) is 5.02 Å². The molecule has 8 nitrogen and oxygen atoms in total. The first-order valence-electron chi connectivity index (χ1n) is 9.18. The van der Waals surface area contributed by atoms with Gasteiger partial charge in [0.25, 0.3) is 5.91 Å². The van der Waals surface area contributed by atoms with E-state index in [1.807, 2.05) is 12.1 Å². The number of thiazole rings is 1. The van der Waals surface area contributed by atoms with E-state index >= 15 is 0 Å². The van der Waals surface area contributed by atoms with Crippen LogP contribution in [0.4, 0.5) is 5.95 Å². The molecule has 158 valence electrons. The van der Waals surface area contributed by atoms with E-state index in [0.717, 1.165) is 10.6 Å². The second-order valence-corrected chi connectivity index (χ2v) is 7.90. The molecule has 0 atom stereocenters. The van der Waals surface area contributed by atoms with Crippen LogP contribution in [0, 0.1) is 6.92 Å². The molecule has 0 unspecified atom stereocenters. The lowest BCUT2D eigenvalue weighted by Gasteiger charge is -2.07. The van der Waals surface area contributed by atoms with Crippen LogP contribution in [0.25, 0.3) is 22.0 Å². The Balaban J connectivity index is 1.54. The molecule has 2 aromatic carbocycles. The number of aryl methyl sites for hydroxylation is 1. The number of carbonyl (C=O) groups is 1. The number of nitrogens with zero attached hydrogens (tertiary/aromatic N) is 3. The summed E-state index contributed by atoms with van der Waals surface area (Å²) >= 11 is 7.24. The number of aromatic amines is 1. The van der Waals surface area contributed by atoms with Crippen molar-refractivity contribution >= 4 is 34.8 Å². The summed E-state index contributed by atoms with van der Waals surface area (Å²) in [6, 6.07) is 12.6. The Morgan fingerprint density at radius 3 is 2.58 bits per heavy atom. The van der Waals surface area contributed by atoms with E-state index < -0.39 is 0 Å². The van der Waals surface area contributed by atoms with Crippen LogP contribution < -0.4 is 14.8 Å². The first-order chi connectivity index (χ1) is 15.0. The van der Waals surface area contributed by atoms with Gasteiger partial charge in [-0.2, -0.15) is 4.98 Å². The zero-order valence-electron chi connectivity index (χ0n) is 16.9. The van der Waals surface area contributed by atoms with Crippen LogP contribution in [0.3, 0.4) is 0 Å². The van der Waals surface area contributed by atoms with Crippen LogP contribution in [0.15, 0.2) is 42.5 Å². The monoisotopic (exact) mass is 455 g/mol. The molecule has 0 saturated carbocycles. The van der Waals surface area contributed by atoms with Gasteiger partial charge in [0.1, 0.15) is 21.4 Å². The van der Waals surface area contributed by atoms with Gasteiger partial charge in [0, 0.05) is 16.7 Å². The number of carbonyl (C=O) groups excluding carboxylic acids is 1. The van der Waals surface area contributed by atoms with Crippen molar-refractivity contribution in [2.24, 2.45) is 0 Å². The van der Waals surface area contributed by atoms with Crippen molar-refractivity contribution in [2.75, 3.05) is 19.5 Å². The largest absolute Gasteiger partial charge is 0.497 e. The normalized spacial score (nSPS) is 10.7. The molecule has 0 saturated heterocycles. The molecular formula is C21H18ClN5O3S. The maximum Gasteiger partial charge on any atom is 0.270 e. The topological polar surface area (TPSA) is 102 Å². The van der Waals surface area contributed by atoms with Crippen molar-refractivity contribution in [2.45, 2.75) is 6.92 Å². The van der Waals surface area contributed by atoms with Crippen LogP contribution in [-0.2, 0) is 0 Å². The molecule has 0 fully saturated rings. The molecule has 0 aliphatic rings. The first kappa shape index (κ1) is 20.8. The van der Waals surface area contributed by atoms with Crippen LogP contribution in [-0.4, -0.2) is 40.3 Å². The summed E-state index contributed by atoms with van der Waals surface area (Å²) in [6.07, 6.45) is 0. The molecule has 0 radical (unpaired) electrons. The minimum Gasteiger partial charge on any atom is -0.497 e. The average Bonchev–Trinajstić information content (AvgIpc) is 3.40. The Kier molecular flexibility index (Phi) is 5.88. The summed E-state index contributed by atoms with van der Waals surface area (Å²) in [6.45, 7) is 1.79. The third kappa shape index (κ3) is 4.37. The van der Waals surface area contributed by atoms with Crippen molar-refractivity contribution in [3.8, 4) is 33.5 Å². The van der Waals surface area contributed by atoms with Crippen LogP contribution in [0.5, 0.6) is 11.5 Å². The zero-order valence-corrected chi connectivity index (χ0v) is 18.5. The number of hydrogen-bond donors (Lipinski definition) is 2. The number of aromatic nitrogens is 4. The average molecular weight is 456 g/mol. The Morgan fingerprint density at radius 1 is 1.10 bits per heavy atom. The van der Waals surface area contributed by atoms with Crippen LogP contribution in [0.1, 0.15) is 15.4 Å². The third-order valence-electron chi connectivity index (χ3n) is 4.47. The number of halogens is 1. The Hall–Kier alpha value is -3.43. The highest BCUT2D eigenvalue weighted by atomic mass is 35.5. The molecule has 4 aromatic rings. The van der Waals surface area contributed by atoms with Gasteiger partial charge in [-0.25, -0.2) is 4.98 Å². The Morgan fingerprint density at radius 2 is 1.87 bits per heavy atom. The number of H-pyrrole nitrogens is 1. The predicted octanol–water partition coefficient (Wildman–Crippen LogP) is 4.83. The van der Waals surface area contributed by atoms with Crippen molar-refractivity contribution < 1.29 is 14.3 Å². The van der Waals surface area contributed by atoms with Gasteiger partial charge in [-0.15, -0.1) is 16.4 Å². The Labute approximate surface area is 187 Å². The minimum absolute atomic E-state index is 0.152. The molecule has 2 heterocycles. The van der Waals surface area contributed by atoms with E-state index in [9.17, 15) is 4.79 Å². The number of amides is 1. The van der Waals surface area contributed by atoms with Gasteiger partial charge in [0.15, 0.2) is 5.82 Å². The van der Waals surface area contributed by atoms with Crippen molar-refractivity contribution in [3.05, 3.63) is 58.1 Å². The number of benzene rings is 2. The molecule has 10 heteroatoms. The van der Waals surface area contributed by atoms with Gasteiger partial charge < -0.3 is 9.47 Å². The van der Waals surface area contributed by atoms with Gasteiger partial charge >= 0.3 is 0 Å². The summed E-state index contributed by atoms with van der Waals surface area (Å²) in [7, 11) is 3.14. The van der Waals surface area contributed by atoms with E-state index in [4.69, 9.17) is 21.1 Å². The summed E-state index contributed by atoms with van der Waals surface area (Å²) in [5.74, 6) is 1.50. The maximum absolute atomic E-state index is 12.8. The maximum atomic E-state index is 12.8. The first-order valence-corrected chi connectivity index (χ1v) is 10.4. The number of anilines is 1. The SMILES string of the molecule is COc1ccc(-c2nc(NC(=O)c3sc(-c4ccc(Cl)cc4)nc3C)n[nH]2)c(OC)c1. The lowest BCUT2D eigenvalue weighted by Crippen LogP contribution is -2.12. The second kappa shape index (κ2) is 8.75. The molecule has 31 heavy (non-hydrogen) atoms. The quantitative estimate of drug-likeness (QED) is 0.432. The highest BCUT2D eigenvalue weighted by molar-refractivity contribution is 7.17. The molecular weight excluding hydrogens is 438 g/mol. The van der Waals surface area contributed by atoms with E-state index in [0.29, 0.717) is 38.5 Å². The second-order valence-electron chi connectivity index (χ2n) is 6.47. The van der Waals surface area contributed by atoms with Gasteiger partial charge in [0.2, 0.25) is 5.95 Å². The summed E-state index contributed by atoms with van der Waals surface area (Å²) in [4.78, 5) is 22.1. The molecule has 0 aliphatic carbocycles. The van der Waals surface area contributed by atoms with E-state index in [-0.39, 0.29) is 11.9 Å². The van der Waals surface area contributed by atoms with Crippen molar-refractivity contribution in [1.29, 1.82) is 0 Å². The summed E-state index contributed by atoms with van der Waals surface area (Å²) in [5, 5.41) is 11.0. The molecule has 0 aliphatic heterocycles. The number of hydrogen-bond acceptors (Lipinski definition) is 7. The van der Waals surface area contributed by atoms with Crippen molar-refractivity contribution in [3.63, 3.8) is 0 Å². The number of nitrogens with one attached hydrogen (secondary N) is 2. The minimum atomic E-state index is -0.331. The number of rotatable bonds is 6. The molecule has 1 amide bonds. The fourth-order valence-corrected chi connectivity index (χ4v) is 4.01.